The predicted molar refractivity (Wildman–Crippen MR) is 159 cm³/mol. The molecule has 4 heterocycles. The molecule has 12 heteroatoms. The first-order valence-electron chi connectivity index (χ1n) is 14.0. The van der Waals surface area contributed by atoms with Crippen molar-refractivity contribution in [3.8, 4) is 28.6 Å². The van der Waals surface area contributed by atoms with Crippen LogP contribution in [-0.2, 0) is 4.79 Å². The molecule has 1 aliphatic rings. The molecule has 1 aliphatic heterocycles. The molecule has 5 rings (SSSR count). The molecule has 1 atom stereocenters. The van der Waals surface area contributed by atoms with Crippen molar-refractivity contribution in [3.63, 3.8) is 0 Å². The number of nitrogens with zero attached hydrogens (tertiary/aromatic N) is 5. The molecular formula is C31H33FN6O5. The lowest BCUT2D eigenvalue weighted by Crippen LogP contribution is -2.41. The molecule has 0 radical (unpaired) electrons. The summed E-state index contributed by atoms with van der Waals surface area (Å²) in [6.45, 7) is 6.68. The zero-order valence-electron chi connectivity index (χ0n) is 24.2. The van der Waals surface area contributed by atoms with Crippen LogP contribution in [0.1, 0.15) is 33.6 Å². The van der Waals surface area contributed by atoms with Gasteiger partial charge in [-0.15, -0.1) is 0 Å². The fourth-order valence-electron chi connectivity index (χ4n) is 4.57. The summed E-state index contributed by atoms with van der Waals surface area (Å²) in [5.41, 5.74) is -0.332. The van der Waals surface area contributed by atoms with Crippen molar-refractivity contribution in [1.82, 2.24) is 19.9 Å². The first-order valence-corrected chi connectivity index (χ1v) is 14.0. The van der Waals surface area contributed by atoms with Crippen LogP contribution in [0, 0.1) is 5.82 Å². The Morgan fingerprint density at radius 2 is 2.02 bits per heavy atom. The second-order valence-electron chi connectivity index (χ2n) is 10.4. The molecule has 1 aromatic carbocycles. The molecule has 2 N–H and O–H groups in total. The number of nitrogens with one attached hydrogen (secondary N) is 1. The Bertz CT molecular complexity index is 1590. The van der Waals surface area contributed by atoms with Crippen LogP contribution in [0.5, 0.6) is 17.4 Å². The fourth-order valence-corrected chi connectivity index (χ4v) is 4.57. The van der Waals surface area contributed by atoms with Gasteiger partial charge in [-0.05, 0) is 70.0 Å². The van der Waals surface area contributed by atoms with Crippen LogP contribution < -0.4 is 24.4 Å². The molecule has 1 fully saturated rings. The average molecular weight is 589 g/mol. The Kier molecular flexibility index (Phi) is 8.84. The third kappa shape index (κ3) is 7.26. The Hall–Kier alpha value is -5.00. The van der Waals surface area contributed by atoms with Crippen LogP contribution in [-0.4, -0.2) is 62.4 Å². The van der Waals surface area contributed by atoms with E-state index in [9.17, 15) is 14.3 Å². The van der Waals surface area contributed by atoms with E-state index in [1.807, 2.05) is 13.0 Å². The lowest BCUT2D eigenvalue weighted by molar-refractivity contribution is -0.152. The number of aliphatic carboxylic acids is 1. The van der Waals surface area contributed by atoms with Crippen molar-refractivity contribution >= 4 is 23.4 Å². The van der Waals surface area contributed by atoms with E-state index >= 15 is 0 Å². The number of carboxylic acids is 1. The highest BCUT2D eigenvalue weighted by Gasteiger charge is 2.29. The number of hydrogen-bond acceptors (Lipinski definition) is 10. The predicted octanol–water partition coefficient (Wildman–Crippen LogP) is 5.50. The lowest BCUT2D eigenvalue weighted by Gasteiger charge is -2.33. The maximum atomic E-state index is 14.9. The third-order valence-corrected chi connectivity index (χ3v) is 6.75. The number of benzene rings is 1. The van der Waals surface area contributed by atoms with Crippen molar-refractivity contribution in [2.45, 2.75) is 45.3 Å². The van der Waals surface area contributed by atoms with Crippen molar-refractivity contribution in [1.29, 1.82) is 0 Å². The molecule has 11 nitrogen and oxygen atoms in total. The summed E-state index contributed by atoms with van der Waals surface area (Å²) >= 11 is 0. The van der Waals surface area contributed by atoms with Crippen molar-refractivity contribution in [2.24, 2.45) is 0 Å². The molecule has 1 saturated heterocycles. The van der Waals surface area contributed by atoms with E-state index in [0.717, 1.165) is 19.4 Å². The summed E-state index contributed by atoms with van der Waals surface area (Å²) in [5, 5.41) is 12.3. The maximum Gasteiger partial charge on any atom is 0.347 e. The van der Waals surface area contributed by atoms with E-state index in [-0.39, 0.29) is 11.9 Å². The van der Waals surface area contributed by atoms with Crippen molar-refractivity contribution in [2.75, 3.05) is 29.9 Å². The van der Waals surface area contributed by atoms with Crippen LogP contribution in [0.4, 0.5) is 21.8 Å². The van der Waals surface area contributed by atoms with E-state index < -0.39 is 17.4 Å². The second-order valence-corrected chi connectivity index (χ2v) is 10.4. The summed E-state index contributed by atoms with van der Waals surface area (Å²) in [6.07, 6.45) is 6.44. The largest absolute Gasteiger partial charge is 0.488 e. The van der Waals surface area contributed by atoms with E-state index in [0.29, 0.717) is 53.4 Å². The summed E-state index contributed by atoms with van der Waals surface area (Å²) < 4.78 is 32.3. The smallest absolute Gasteiger partial charge is 0.347 e. The first-order chi connectivity index (χ1) is 20.7. The Labute approximate surface area is 248 Å². The minimum Gasteiger partial charge on any atom is -0.488 e. The Balaban J connectivity index is 1.30. The van der Waals surface area contributed by atoms with Crippen molar-refractivity contribution in [3.05, 3.63) is 72.9 Å². The SMILES string of the molecule is CCOc1cccnc1O[C@@H]1CCCN(c2cncc(Nc3nc(-c4cccc(OC(C)(C)C(=O)O)c4)ccc3F)n2)C1. The van der Waals surface area contributed by atoms with Gasteiger partial charge in [0.2, 0.25) is 0 Å². The van der Waals surface area contributed by atoms with Gasteiger partial charge in [0.15, 0.2) is 28.8 Å². The van der Waals surface area contributed by atoms with Gasteiger partial charge in [-0.3, -0.25) is 4.98 Å². The zero-order chi connectivity index (χ0) is 30.4. The molecule has 0 aliphatic carbocycles. The topological polar surface area (TPSA) is 132 Å². The van der Waals surface area contributed by atoms with Crippen LogP contribution >= 0.6 is 0 Å². The van der Waals surface area contributed by atoms with E-state index in [2.05, 4.69) is 30.2 Å². The maximum absolute atomic E-state index is 14.9. The fraction of sp³-hybridized carbons (Fsp3) is 0.323. The number of carbonyl (C=O) groups is 1. The monoisotopic (exact) mass is 588 g/mol. The summed E-state index contributed by atoms with van der Waals surface area (Å²) in [6, 6.07) is 13.3. The van der Waals surface area contributed by atoms with Crippen LogP contribution in [0.2, 0.25) is 0 Å². The summed E-state index contributed by atoms with van der Waals surface area (Å²) in [5.74, 6) is 0.672. The average Bonchev–Trinajstić information content (AvgIpc) is 2.99. The van der Waals surface area contributed by atoms with Gasteiger partial charge < -0.3 is 29.5 Å². The number of aromatic nitrogens is 4. The normalized spacial score (nSPS) is 15.1. The molecule has 0 bridgehead atoms. The van der Waals surface area contributed by atoms with Gasteiger partial charge in [0.1, 0.15) is 17.7 Å². The van der Waals surface area contributed by atoms with E-state index in [4.69, 9.17) is 14.2 Å². The highest BCUT2D eigenvalue weighted by atomic mass is 19.1. The lowest BCUT2D eigenvalue weighted by atomic mass is 10.1. The molecule has 4 aromatic rings. The van der Waals surface area contributed by atoms with E-state index in [1.165, 1.54) is 32.2 Å². The standard InChI is InChI=1S/C31H33FN6O5/c1-4-41-25-11-6-14-34-29(25)42-22-10-7-15-38(19-22)27-18-33-17-26(36-27)37-28-23(32)12-13-24(35-28)20-8-5-9-21(16-20)43-31(2,3)30(39)40/h5-6,8-9,11-14,16-18,22H,4,7,10,15,19H2,1-3H3,(H,39,40)(H,35,36,37)/t22-/m1/s1. The number of carboxylic acid groups (broad SMARTS) is 1. The van der Waals surface area contributed by atoms with Gasteiger partial charge in [0, 0.05) is 18.3 Å². The molecule has 43 heavy (non-hydrogen) atoms. The number of hydrogen-bond donors (Lipinski definition) is 2. The van der Waals surface area contributed by atoms with Gasteiger partial charge in [0.25, 0.3) is 5.88 Å². The van der Waals surface area contributed by atoms with Crippen LogP contribution in [0.15, 0.2) is 67.1 Å². The van der Waals surface area contributed by atoms with Gasteiger partial charge in [-0.1, -0.05) is 12.1 Å². The molecule has 3 aromatic heterocycles. The molecule has 224 valence electrons. The highest BCUT2D eigenvalue weighted by molar-refractivity contribution is 5.77. The molecular weight excluding hydrogens is 555 g/mol. The molecule has 0 saturated carbocycles. The van der Waals surface area contributed by atoms with Gasteiger partial charge >= 0.3 is 5.97 Å². The number of pyridine rings is 2. The minimum atomic E-state index is -1.42. The number of halogens is 1. The number of ether oxygens (including phenoxy) is 3. The molecule has 0 spiro atoms. The number of rotatable bonds is 11. The van der Waals surface area contributed by atoms with Crippen molar-refractivity contribution < 1.29 is 28.5 Å². The number of piperidine rings is 1. The Morgan fingerprint density at radius 1 is 1.16 bits per heavy atom. The molecule has 0 unspecified atom stereocenters. The first kappa shape index (κ1) is 29.5. The Morgan fingerprint density at radius 3 is 2.84 bits per heavy atom. The number of anilines is 3. The minimum absolute atomic E-state index is 0.0282. The van der Waals surface area contributed by atoms with Gasteiger partial charge in [-0.25, -0.2) is 24.1 Å². The summed E-state index contributed by atoms with van der Waals surface area (Å²) in [7, 11) is 0. The van der Waals surface area contributed by atoms with E-state index in [1.54, 1.807) is 42.7 Å². The second kappa shape index (κ2) is 12.9. The van der Waals surface area contributed by atoms with Gasteiger partial charge in [-0.2, -0.15) is 0 Å². The van der Waals surface area contributed by atoms with Crippen LogP contribution in [0.3, 0.4) is 0 Å². The molecule has 0 amide bonds. The summed E-state index contributed by atoms with van der Waals surface area (Å²) in [4.78, 5) is 31.3. The third-order valence-electron chi connectivity index (χ3n) is 6.75. The quantitative estimate of drug-likeness (QED) is 0.230. The van der Waals surface area contributed by atoms with Gasteiger partial charge in [0.05, 0.1) is 31.2 Å². The zero-order valence-corrected chi connectivity index (χ0v) is 24.2. The van der Waals surface area contributed by atoms with Crippen LogP contribution in [0.25, 0.3) is 11.3 Å². The highest BCUT2D eigenvalue weighted by Crippen LogP contribution is 2.30.